The second-order valence-electron chi connectivity index (χ2n) is 5.37. The van der Waals surface area contributed by atoms with Crippen LogP contribution < -0.4 is 25.5 Å². The zero-order chi connectivity index (χ0) is 25.0. The average Bonchev–Trinajstić information content (AvgIpc) is 2.82. The Balaban J connectivity index is -0.0000000625. The summed E-state index contributed by atoms with van der Waals surface area (Å²) in [7, 11) is 7.09. The molecule has 0 aromatic carbocycles. The molecule has 11 heteroatoms. The molecular formula is C20H45O10V. The number of hydrogen-bond acceptors (Lipinski definition) is 10. The van der Waals surface area contributed by atoms with E-state index in [2.05, 4.69) is 23.7 Å². The maximum absolute atomic E-state index is 10.0. The topological polar surface area (TPSA) is 161 Å². The predicted molar refractivity (Wildman–Crippen MR) is 105 cm³/mol. The summed E-state index contributed by atoms with van der Waals surface area (Å²) < 4.78 is 21.7. The molecule has 0 rings (SSSR count). The molecule has 0 heterocycles. The van der Waals surface area contributed by atoms with Crippen LogP contribution in [0.2, 0.25) is 0 Å². The Hall–Kier alpha value is 0.184. The standard InChI is InChI=1S/5C4H9O2.V/c5*1-3-4(5)6-2;/h5*4H,3H2,1-2H3;/q5*-1;+5. The van der Waals surface area contributed by atoms with Gasteiger partial charge in [-0.15, -0.1) is 0 Å². The molecule has 10 nitrogen and oxygen atoms in total. The minimum atomic E-state index is -0.815. The summed E-state index contributed by atoms with van der Waals surface area (Å²) in [6, 6.07) is 0. The molecule has 0 N–H and O–H groups in total. The Kier molecular flexibility index (Phi) is 58.6. The fourth-order valence-electron chi connectivity index (χ4n) is 0.833. The summed E-state index contributed by atoms with van der Waals surface area (Å²) in [6.45, 7) is 8.96. The second-order valence-corrected chi connectivity index (χ2v) is 5.37. The predicted octanol–water partition coefficient (Wildman–Crippen LogP) is -1.36. The van der Waals surface area contributed by atoms with Gasteiger partial charge in [0.1, 0.15) is 0 Å². The molecule has 0 spiro atoms. The van der Waals surface area contributed by atoms with Gasteiger partial charge in [-0.25, -0.2) is 0 Å². The van der Waals surface area contributed by atoms with Gasteiger partial charge in [-0.05, 0) is 63.6 Å². The van der Waals surface area contributed by atoms with E-state index in [-0.39, 0.29) is 18.6 Å². The molecule has 0 aliphatic rings. The summed E-state index contributed by atoms with van der Waals surface area (Å²) in [5.41, 5.74) is 0. The summed E-state index contributed by atoms with van der Waals surface area (Å²) >= 11 is 0. The van der Waals surface area contributed by atoms with Crippen LogP contribution in [0.3, 0.4) is 0 Å². The fourth-order valence-corrected chi connectivity index (χ4v) is 0.833. The molecule has 31 heavy (non-hydrogen) atoms. The van der Waals surface area contributed by atoms with E-state index in [9.17, 15) is 25.5 Å². The van der Waals surface area contributed by atoms with Crippen LogP contribution in [0.25, 0.3) is 0 Å². The van der Waals surface area contributed by atoms with Crippen molar-refractivity contribution in [3.8, 4) is 0 Å². The van der Waals surface area contributed by atoms with Crippen molar-refractivity contribution < 1.29 is 67.8 Å². The van der Waals surface area contributed by atoms with E-state index in [4.69, 9.17) is 0 Å². The van der Waals surface area contributed by atoms with E-state index >= 15 is 0 Å². The molecule has 0 amide bonds. The molecule has 0 fully saturated rings. The Bertz CT molecular complexity index is 188. The molecule has 0 bridgehead atoms. The van der Waals surface area contributed by atoms with Crippen molar-refractivity contribution >= 4 is 0 Å². The molecule has 0 aliphatic heterocycles. The Morgan fingerprint density at radius 3 is 0.484 bits per heavy atom. The zero-order valence-corrected chi connectivity index (χ0v) is 22.3. The van der Waals surface area contributed by atoms with Crippen molar-refractivity contribution in [2.24, 2.45) is 0 Å². The molecule has 5 atom stereocenters. The van der Waals surface area contributed by atoms with Crippen molar-refractivity contribution in [1.29, 1.82) is 0 Å². The quantitative estimate of drug-likeness (QED) is 0.330. The van der Waals surface area contributed by atoms with Crippen molar-refractivity contribution in [3.63, 3.8) is 0 Å². The van der Waals surface area contributed by atoms with E-state index in [1.807, 2.05) is 0 Å². The monoisotopic (exact) mass is 496 g/mol. The van der Waals surface area contributed by atoms with Gasteiger partial charge in [0.25, 0.3) is 0 Å². The van der Waals surface area contributed by atoms with Crippen LogP contribution in [-0.2, 0) is 42.2 Å². The first-order valence-electron chi connectivity index (χ1n) is 9.98. The Morgan fingerprint density at radius 2 is 0.484 bits per heavy atom. The van der Waals surface area contributed by atoms with Crippen molar-refractivity contribution in [2.45, 2.75) is 98.2 Å². The third kappa shape index (κ3) is 58.9. The fraction of sp³-hybridized carbons (Fsp3) is 1.00. The van der Waals surface area contributed by atoms with Crippen molar-refractivity contribution in [1.82, 2.24) is 0 Å². The van der Waals surface area contributed by atoms with Gasteiger partial charge >= 0.3 is 18.6 Å². The summed E-state index contributed by atoms with van der Waals surface area (Å²) in [5.74, 6) is 0. The van der Waals surface area contributed by atoms with Gasteiger partial charge in [0, 0.05) is 35.5 Å². The molecule has 0 saturated heterocycles. The second kappa shape index (κ2) is 40.5. The van der Waals surface area contributed by atoms with Crippen LogP contribution in [0.4, 0.5) is 0 Å². The van der Waals surface area contributed by atoms with Gasteiger partial charge in [-0.2, -0.15) is 0 Å². The third-order valence-corrected chi connectivity index (χ3v) is 2.98. The summed E-state index contributed by atoms with van der Waals surface area (Å²) in [4.78, 5) is 0. The van der Waals surface area contributed by atoms with Crippen LogP contribution in [0.1, 0.15) is 66.7 Å². The maximum atomic E-state index is 10.0. The first kappa shape index (κ1) is 44.8. The van der Waals surface area contributed by atoms with E-state index in [0.717, 1.165) is 0 Å². The maximum Gasteiger partial charge on any atom is 5.00 e. The van der Waals surface area contributed by atoms with Crippen molar-refractivity contribution in [2.75, 3.05) is 35.5 Å². The molecule has 0 aromatic rings. The first-order valence-corrected chi connectivity index (χ1v) is 9.98. The van der Waals surface area contributed by atoms with Crippen LogP contribution in [0.5, 0.6) is 0 Å². The Morgan fingerprint density at radius 1 is 0.387 bits per heavy atom. The van der Waals surface area contributed by atoms with Gasteiger partial charge < -0.3 is 49.2 Å². The molecule has 0 radical (unpaired) electrons. The van der Waals surface area contributed by atoms with Gasteiger partial charge in [-0.1, -0.05) is 34.6 Å². The number of methoxy groups -OCH3 is 5. The average molecular weight is 497 g/mol. The van der Waals surface area contributed by atoms with Gasteiger partial charge in [-0.3, -0.25) is 0 Å². The molecule has 190 valence electrons. The summed E-state index contributed by atoms with van der Waals surface area (Å²) in [5, 5.41) is 50.2. The van der Waals surface area contributed by atoms with Crippen LogP contribution in [-0.4, -0.2) is 67.0 Å². The van der Waals surface area contributed by atoms with Crippen molar-refractivity contribution in [3.05, 3.63) is 0 Å². The van der Waals surface area contributed by atoms with Crippen LogP contribution >= 0.6 is 0 Å². The Labute approximate surface area is 201 Å². The molecule has 0 aliphatic carbocycles. The molecular weight excluding hydrogens is 451 g/mol. The first-order chi connectivity index (χ1) is 14.0. The third-order valence-electron chi connectivity index (χ3n) is 2.98. The van der Waals surface area contributed by atoms with Crippen LogP contribution in [0.15, 0.2) is 0 Å². The molecule has 0 aromatic heterocycles. The number of ether oxygens (including phenoxy) is 5. The van der Waals surface area contributed by atoms with E-state index in [0.29, 0.717) is 32.1 Å². The minimum Gasteiger partial charge on any atom is -0.831 e. The van der Waals surface area contributed by atoms with E-state index in [1.165, 1.54) is 35.5 Å². The van der Waals surface area contributed by atoms with Crippen LogP contribution in [0, 0.1) is 0 Å². The molecule has 0 saturated carbocycles. The van der Waals surface area contributed by atoms with Gasteiger partial charge in [0.15, 0.2) is 0 Å². The van der Waals surface area contributed by atoms with Gasteiger partial charge in [0.05, 0.1) is 0 Å². The SMILES string of the molecule is CCC([O-])OC.CCC([O-])OC.CCC([O-])OC.CCC([O-])OC.CCC([O-])OC.[V+5]. The largest absolute Gasteiger partial charge is 5.00 e. The minimum absolute atomic E-state index is 0. The number of hydrogen-bond donors (Lipinski definition) is 0. The molecule has 5 unspecified atom stereocenters. The smallest absolute Gasteiger partial charge is 0.831 e. The van der Waals surface area contributed by atoms with Gasteiger partial charge in [0.2, 0.25) is 0 Å². The number of rotatable bonds is 10. The van der Waals surface area contributed by atoms with E-state index in [1.54, 1.807) is 34.6 Å². The summed E-state index contributed by atoms with van der Waals surface area (Å²) in [6.07, 6.45) is -1.31. The van der Waals surface area contributed by atoms with E-state index < -0.39 is 31.5 Å². The zero-order valence-electron chi connectivity index (χ0n) is 21.0. The normalized spacial score (nSPS) is 14.0.